The van der Waals surface area contributed by atoms with Gasteiger partial charge in [-0.3, -0.25) is 0 Å². The lowest BCUT2D eigenvalue weighted by Gasteiger charge is -2.26. The Balaban J connectivity index is 1.97. The van der Waals surface area contributed by atoms with Gasteiger partial charge in [-0.25, -0.2) is 4.98 Å². The molecule has 2 nitrogen and oxygen atoms in total. The Kier molecular flexibility index (Phi) is 2.93. The average Bonchev–Trinajstić information content (AvgIpc) is 2.80. The molecule has 90 valence electrons. The largest absolute Gasteiger partial charge is 0.316 e. The predicted octanol–water partition coefficient (Wildman–Crippen LogP) is 3.06. The van der Waals surface area contributed by atoms with E-state index in [-0.39, 0.29) is 0 Å². The smallest absolute Gasteiger partial charge is 0.131 e. The number of allylic oxidation sites excluding steroid dienone is 1. The fraction of sp³-hybridized carbons (Fsp3) is 0.500. The van der Waals surface area contributed by atoms with E-state index in [1.165, 1.54) is 30.5 Å². The maximum absolute atomic E-state index is 5.99. The summed E-state index contributed by atoms with van der Waals surface area (Å²) in [7, 11) is 0. The quantitative estimate of drug-likeness (QED) is 0.773. The maximum Gasteiger partial charge on any atom is 0.131 e. The molecule has 1 aromatic heterocycles. The Morgan fingerprint density at radius 2 is 2.29 bits per heavy atom. The monoisotopic (exact) mass is 248 g/mol. The molecular weight excluding hydrogens is 232 g/mol. The normalized spacial score (nSPS) is 27.8. The van der Waals surface area contributed by atoms with Crippen LogP contribution < -0.4 is 5.32 Å². The number of pyridine rings is 1. The standard InChI is InChI=1S/C14H17ClN2/c1-9-5-11(7-17-14(9)15)12-4-2-3-10-6-16-8-13(10)12/h4-5,7,10,13,16H,2-3,6,8H2,1H3/t10-,13+/m0/s1. The van der Waals surface area contributed by atoms with Gasteiger partial charge in [-0.2, -0.15) is 0 Å². The third kappa shape index (κ3) is 2.00. The van der Waals surface area contributed by atoms with E-state index in [9.17, 15) is 0 Å². The zero-order valence-electron chi connectivity index (χ0n) is 10.0. The number of rotatable bonds is 1. The number of nitrogens with one attached hydrogen (secondary N) is 1. The zero-order valence-corrected chi connectivity index (χ0v) is 10.8. The molecule has 2 aliphatic rings. The third-order valence-electron chi connectivity index (χ3n) is 3.99. The van der Waals surface area contributed by atoms with Gasteiger partial charge >= 0.3 is 0 Å². The summed E-state index contributed by atoms with van der Waals surface area (Å²) in [5, 5.41) is 4.12. The van der Waals surface area contributed by atoms with Gasteiger partial charge in [0.2, 0.25) is 0 Å². The van der Waals surface area contributed by atoms with E-state index in [2.05, 4.69) is 22.4 Å². The number of aromatic nitrogens is 1. The van der Waals surface area contributed by atoms with Crippen molar-refractivity contribution in [3.8, 4) is 0 Å². The lowest BCUT2D eigenvalue weighted by atomic mass is 9.78. The van der Waals surface area contributed by atoms with Crippen molar-refractivity contribution in [2.75, 3.05) is 13.1 Å². The number of hydrogen-bond acceptors (Lipinski definition) is 2. The minimum atomic E-state index is 0.617. The molecule has 0 amide bonds. The number of aryl methyl sites for hydroxylation is 1. The first kappa shape index (κ1) is 11.2. The minimum absolute atomic E-state index is 0.617. The van der Waals surface area contributed by atoms with Gasteiger partial charge < -0.3 is 5.32 Å². The Morgan fingerprint density at radius 3 is 3.12 bits per heavy atom. The molecule has 0 bridgehead atoms. The van der Waals surface area contributed by atoms with E-state index in [0.29, 0.717) is 11.1 Å². The van der Waals surface area contributed by atoms with Gasteiger partial charge in [-0.05, 0) is 55.0 Å². The van der Waals surface area contributed by atoms with Crippen LogP contribution in [-0.2, 0) is 0 Å². The van der Waals surface area contributed by atoms with Gasteiger partial charge in [0.1, 0.15) is 5.15 Å². The van der Waals surface area contributed by atoms with Crippen molar-refractivity contribution >= 4 is 17.2 Å². The summed E-state index contributed by atoms with van der Waals surface area (Å²) < 4.78 is 0. The van der Waals surface area contributed by atoms with Crippen LogP contribution in [0.25, 0.3) is 5.57 Å². The highest BCUT2D eigenvalue weighted by molar-refractivity contribution is 6.30. The van der Waals surface area contributed by atoms with Crippen molar-refractivity contribution < 1.29 is 0 Å². The van der Waals surface area contributed by atoms with Crippen LogP contribution in [0, 0.1) is 18.8 Å². The minimum Gasteiger partial charge on any atom is -0.316 e. The number of halogens is 1. The van der Waals surface area contributed by atoms with Crippen molar-refractivity contribution in [3.05, 3.63) is 34.6 Å². The van der Waals surface area contributed by atoms with Gasteiger partial charge in [0.15, 0.2) is 0 Å². The van der Waals surface area contributed by atoms with Crippen LogP contribution >= 0.6 is 11.6 Å². The van der Waals surface area contributed by atoms with Crippen molar-refractivity contribution in [3.63, 3.8) is 0 Å². The fourth-order valence-electron chi connectivity index (χ4n) is 3.05. The van der Waals surface area contributed by atoms with Gasteiger partial charge in [0, 0.05) is 18.7 Å². The topological polar surface area (TPSA) is 24.9 Å². The van der Waals surface area contributed by atoms with Gasteiger partial charge in [0.05, 0.1) is 0 Å². The molecule has 1 N–H and O–H groups in total. The second-order valence-corrected chi connectivity index (χ2v) is 5.45. The SMILES string of the molecule is Cc1cc(C2=CCC[C@H]3CNC[C@@H]23)cnc1Cl. The zero-order chi connectivity index (χ0) is 11.8. The molecule has 0 aromatic carbocycles. The molecule has 1 aliphatic heterocycles. The molecule has 17 heavy (non-hydrogen) atoms. The molecule has 0 unspecified atom stereocenters. The second-order valence-electron chi connectivity index (χ2n) is 5.09. The van der Waals surface area contributed by atoms with E-state index < -0.39 is 0 Å². The van der Waals surface area contributed by atoms with Crippen LogP contribution in [0.1, 0.15) is 24.0 Å². The lowest BCUT2D eigenvalue weighted by molar-refractivity contribution is 0.454. The van der Waals surface area contributed by atoms with E-state index >= 15 is 0 Å². The third-order valence-corrected chi connectivity index (χ3v) is 4.38. The molecule has 3 heteroatoms. The van der Waals surface area contributed by atoms with E-state index in [1.807, 2.05) is 13.1 Å². The molecule has 0 spiro atoms. The second kappa shape index (κ2) is 4.43. The van der Waals surface area contributed by atoms with Crippen molar-refractivity contribution in [2.24, 2.45) is 11.8 Å². The number of hydrogen-bond donors (Lipinski definition) is 1. The molecule has 1 saturated heterocycles. The summed E-state index contributed by atoms with van der Waals surface area (Å²) >= 11 is 5.99. The Hall–Kier alpha value is -0.860. The first-order valence-corrected chi connectivity index (χ1v) is 6.67. The van der Waals surface area contributed by atoms with E-state index in [0.717, 1.165) is 18.0 Å². The average molecular weight is 249 g/mol. The predicted molar refractivity (Wildman–Crippen MR) is 71.0 cm³/mol. The van der Waals surface area contributed by atoms with E-state index in [4.69, 9.17) is 11.6 Å². The summed E-state index contributed by atoms with van der Waals surface area (Å²) in [6.45, 7) is 4.30. The Labute approximate surface area is 107 Å². The van der Waals surface area contributed by atoms with Gasteiger partial charge in [-0.15, -0.1) is 0 Å². The molecular formula is C14H17ClN2. The summed E-state index contributed by atoms with van der Waals surface area (Å²) in [5.41, 5.74) is 3.79. The Bertz CT molecular complexity index is 467. The summed E-state index contributed by atoms with van der Waals surface area (Å²) in [4.78, 5) is 4.27. The molecule has 0 radical (unpaired) electrons. The van der Waals surface area contributed by atoms with Crippen LogP contribution in [0.15, 0.2) is 18.3 Å². The first-order chi connectivity index (χ1) is 8.25. The van der Waals surface area contributed by atoms with Crippen LogP contribution in [-0.4, -0.2) is 18.1 Å². The molecule has 1 aromatic rings. The van der Waals surface area contributed by atoms with Gasteiger partial charge in [0.25, 0.3) is 0 Å². The van der Waals surface area contributed by atoms with Crippen LogP contribution in [0.2, 0.25) is 5.15 Å². The molecule has 0 saturated carbocycles. The molecule has 1 aliphatic carbocycles. The highest BCUT2D eigenvalue weighted by Crippen LogP contribution is 2.38. The number of nitrogens with zero attached hydrogens (tertiary/aromatic N) is 1. The van der Waals surface area contributed by atoms with Crippen molar-refractivity contribution in [2.45, 2.75) is 19.8 Å². The summed E-state index contributed by atoms with van der Waals surface area (Å²) in [6, 6.07) is 2.17. The Morgan fingerprint density at radius 1 is 1.41 bits per heavy atom. The van der Waals surface area contributed by atoms with E-state index in [1.54, 1.807) is 0 Å². The van der Waals surface area contributed by atoms with Crippen molar-refractivity contribution in [1.29, 1.82) is 0 Å². The highest BCUT2D eigenvalue weighted by Gasteiger charge is 2.32. The molecule has 3 rings (SSSR count). The first-order valence-electron chi connectivity index (χ1n) is 6.29. The maximum atomic E-state index is 5.99. The van der Waals surface area contributed by atoms with Crippen LogP contribution in [0.3, 0.4) is 0 Å². The molecule has 2 heterocycles. The fourth-order valence-corrected chi connectivity index (χ4v) is 3.16. The van der Waals surface area contributed by atoms with Crippen LogP contribution in [0.5, 0.6) is 0 Å². The molecule has 1 fully saturated rings. The highest BCUT2D eigenvalue weighted by atomic mass is 35.5. The van der Waals surface area contributed by atoms with Gasteiger partial charge in [-0.1, -0.05) is 17.7 Å². The lowest BCUT2D eigenvalue weighted by Crippen LogP contribution is -2.18. The molecule has 2 atom stereocenters. The number of fused-ring (bicyclic) bond motifs is 1. The van der Waals surface area contributed by atoms with Crippen LogP contribution in [0.4, 0.5) is 0 Å². The summed E-state index contributed by atoms with van der Waals surface area (Å²) in [6.07, 6.45) is 6.82. The van der Waals surface area contributed by atoms with Crippen molar-refractivity contribution in [1.82, 2.24) is 10.3 Å². The summed E-state index contributed by atoms with van der Waals surface area (Å²) in [5.74, 6) is 1.48.